The molecule has 1 aromatic carbocycles. The fourth-order valence-corrected chi connectivity index (χ4v) is 3.33. The molecule has 0 aliphatic carbocycles. The number of hydrogen-bond donors (Lipinski definition) is 1. The topological polar surface area (TPSA) is 47.1 Å². The first kappa shape index (κ1) is 14.3. The molecule has 2 N–H and O–H groups in total. The molecule has 1 aliphatic heterocycles. The minimum atomic E-state index is 0.802. The molecule has 0 bridgehead atoms. The number of aromatic nitrogens is 2. The standard InChI is InChI=1S/C16H21ClN4/c1-3-13-16(17)15(21(4-2)19-13)10-20-8-7-11-9-12(18)5-6-14(11)20/h5-6,9H,3-4,7-8,10,18H2,1-2H3. The van der Waals surface area contributed by atoms with Crippen molar-refractivity contribution >= 4 is 23.0 Å². The van der Waals surface area contributed by atoms with Crippen LogP contribution in [0.25, 0.3) is 0 Å². The van der Waals surface area contributed by atoms with Crippen molar-refractivity contribution in [3.8, 4) is 0 Å². The Kier molecular flexibility index (Phi) is 3.81. The van der Waals surface area contributed by atoms with Crippen LogP contribution in [-0.4, -0.2) is 16.3 Å². The van der Waals surface area contributed by atoms with Crippen molar-refractivity contribution in [2.75, 3.05) is 17.2 Å². The average molecular weight is 305 g/mol. The number of hydrogen-bond acceptors (Lipinski definition) is 3. The van der Waals surface area contributed by atoms with Gasteiger partial charge in [-0.25, -0.2) is 0 Å². The Morgan fingerprint density at radius 1 is 1.33 bits per heavy atom. The average Bonchev–Trinajstić information content (AvgIpc) is 3.01. The van der Waals surface area contributed by atoms with E-state index in [-0.39, 0.29) is 0 Å². The first-order valence-electron chi connectivity index (χ1n) is 7.51. The van der Waals surface area contributed by atoms with Gasteiger partial charge in [0.1, 0.15) is 0 Å². The molecule has 1 aromatic heterocycles. The molecule has 0 fully saturated rings. The maximum Gasteiger partial charge on any atom is 0.0868 e. The van der Waals surface area contributed by atoms with Gasteiger partial charge in [-0.2, -0.15) is 5.10 Å². The summed E-state index contributed by atoms with van der Waals surface area (Å²) in [6.45, 7) is 6.84. The molecule has 0 unspecified atom stereocenters. The van der Waals surface area contributed by atoms with Crippen LogP contribution in [0.4, 0.5) is 11.4 Å². The second-order valence-electron chi connectivity index (χ2n) is 5.44. The van der Waals surface area contributed by atoms with Gasteiger partial charge in [0.15, 0.2) is 0 Å². The Hall–Kier alpha value is -1.68. The predicted octanol–water partition coefficient (Wildman–Crippen LogP) is 3.26. The van der Waals surface area contributed by atoms with Crippen molar-refractivity contribution in [1.82, 2.24) is 9.78 Å². The summed E-state index contributed by atoms with van der Waals surface area (Å²) in [5, 5.41) is 5.42. The monoisotopic (exact) mass is 304 g/mol. The van der Waals surface area contributed by atoms with Gasteiger partial charge in [-0.05, 0) is 43.5 Å². The minimum Gasteiger partial charge on any atom is -0.399 e. The number of halogens is 1. The van der Waals surface area contributed by atoms with E-state index in [1.54, 1.807) is 0 Å². The Labute approximate surface area is 130 Å². The van der Waals surface area contributed by atoms with Gasteiger partial charge in [-0.1, -0.05) is 18.5 Å². The Morgan fingerprint density at radius 3 is 2.86 bits per heavy atom. The summed E-state index contributed by atoms with van der Waals surface area (Å²) in [5.74, 6) is 0. The summed E-state index contributed by atoms with van der Waals surface area (Å²) >= 11 is 6.51. The highest BCUT2D eigenvalue weighted by Crippen LogP contribution is 2.32. The zero-order valence-corrected chi connectivity index (χ0v) is 13.3. The fourth-order valence-electron chi connectivity index (χ4n) is 3.00. The normalized spacial score (nSPS) is 13.8. The van der Waals surface area contributed by atoms with Crippen LogP contribution in [0.1, 0.15) is 30.8 Å². The molecule has 3 rings (SSSR count). The van der Waals surface area contributed by atoms with E-state index in [1.807, 2.05) is 10.7 Å². The highest BCUT2D eigenvalue weighted by molar-refractivity contribution is 6.31. The van der Waals surface area contributed by atoms with Gasteiger partial charge in [0.2, 0.25) is 0 Å². The number of benzene rings is 1. The molecular weight excluding hydrogens is 284 g/mol. The van der Waals surface area contributed by atoms with Gasteiger partial charge >= 0.3 is 0 Å². The quantitative estimate of drug-likeness (QED) is 0.882. The number of nitrogen functional groups attached to an aromatic ring is 1. The number of fused-ring (bicyclic) bond motifs is 1. The number of anilines is 2. The van der Waals surface area contributed by atoms with Gasteiger partial charge in [0, 0.05) is 24.5 Å². The van der Waals surface area contributed by atoms with E-state index < -0.39 is 0 Å². The SMILES string of the molecule is CCc1nn(CC)c(CN2CCc3cc(N)ccc32)c1Cl. The number of nitrogens with two attached hydrogens (primary N) is 1. The Balaban J connectivity index is 1.91. The molecule has 1 aliphatic rings. The van der Waals surface area contributed by atoms with Gasteiger partial charge in [0.05, 0.1) is 23.0 Å². The van der Waals surface area contributed by atoms with Crippen molar-refractivity contribution < 1.29 is 0 Å². The molecule has 112 valence electrons. The van der Waals surface area contributed by atoms with Crippen LogP contribution in [0.2, 0.25) is 5.02 Å². The largest absolute Gasteiger partial charge is 0.399 e. The van der Waals surface area contributed by atoms with Crippen molar-refractivity contribution in [3.63, 3.8) is 0 Å². The maximum absolute atomic E-state index is 6.51. The molecule has 0 spiro atoms. The van der Waals surface area contributed by atoms with E-state index >= 15 is 0 Å². The lowest BCUT2D eigenvalue weighted by atomic mass is 10.1. The summed E-state index contributed by atoms with van der Waals surface area (Å²) in [4.78, 5) is 2.36. The molecule has 0 amide bonds. The maximum atomic E-state index is 6.51. The predicted molar refractivity (Wildman–Crippen MR) is 87.9 cm³/mol. The Bertz CT molecular complexity index is 663. The third-order valence-corrected chi connectivity index (χ3v) is 4.57. The van der Waals surface area contributed by atoms with Crippen LogP contribution in [0, 0.1) is 0 Å². The lowest BCUT2D eigenvalue weighted by Gasteiger charge is -2.20. The van der Waals surface area contributed by atoms with Crippen molar-refractivity contribution in [2.24, 2.45) is 0 Å². The molecular formula is C16H21ClN4. The van der Waals surface area contributed by atoms with E-state index in [9.17, 15) is 0 Å². The molecule has 2 heterocycles. The van der Waals surface area contributed by atoms with E-state index in [4.69, 9.17) is 17.3 Å². The molecule has 2 aromatic rings. The number of rotatable bonds is 4. The van der Waals surface area contributed by atoms with Crippen LogP contribution >= 0.6 is 11.6 Å². The molecule has 21 heavy (non-hydrogen) atoms. The van der Waals surface area contributed by atoms with E-state index in [1.165, 1.54) is 11.3 Å². The zero-order chi connectivity index (χ0) is 15.0. The first-order valence-corrected chi connectivity index (χ1v) is 7.89. The van der Waals surface area contributed by atoms with Gasteiger partial charge in [-0.15, -0.1) is 0 Å². The van der Waals surface area contributed by atoms with Crippen LogP contribution in [0.3, 0.4) is 0 Å². The highest BCUT2D eigenvalue weighted by Gasteiger charge is 2.23. The highest BCUT2D eigenvalue weighted by atomic mass is 35.5. The summed E-state index contributed by atoms with van der Waals surface area (Å²) in [7, 11) is 0. The van der Waals surface area contributed by atoms with Crippen molar-refractivity contribution in [1.29, 1.82) is 0 Å². The van der Waals surface area contributed by atoms with E-state index in [2.05, 4.69) is 36.0 Å². The lowest BCUT2D eigenvalue weighted by molar-refractivity contribution is 0.606. The van der Waals surface area contributed by atoms with Crippen LogP contribution in [0.15, 0.2) is 18.2 Å². The van der Waals surface area contributed by atoms with Crippen LogP contribution in [0.5, 0.6) is 0 Å². The van der Waals surface area contributed by atoms with Crippen molar-refractivity contribution in [3.05, 3.63) is 40.2 Å². The molecule has 0 saturated heterocycles. The fraction of sp³-hybridized carbons (Fsp3) is 0.438. The summed E-state index contributed by atoms with van der Waals surface area (Å²) in [6.07, 6.45) is 1.91. The molecule has 0 atom stereocenters. The molecule has 4 nitrogen and oxygen atoms in total. The third kappa shape index (κ3) is 2.48. The lowest BCUT2D eigenvalue weighted by Crippen LogP contribution is -2.22. The summed E-state index contributed by atoms with van der Waals surface area (Å²) < 4.78 is 2.02. The van der Waals surface area contributed by atoms with Crippen LogP contribution in [-0.2, 0) is 25.9 Å². The second kappa shape index (κ2) is 5.60. The second-order valence-corrected chi connectivity index (χ2v) is 5.81. The molecule has 0 saturated carbocycles. The minimum absolute atomic E-state index is 0.802. The third-order valence-electron chi connectivity index (χ3n) is 4.13. The smallest absolute Gasteiger partial charge is 0.0868 e. The van der Waals surface area contributed by atoms with Crippen molar-refractivity contribution in [2.45, 2.75) is 39.8 Å². The Morgan fingerprint density at radius 2 is 2.14 bits per heavy atom. The first-order chi connectivity index (χ1) is 10.1. The molecule has 5 heteroatoms. The number of nitrogens with zero attached hydrogens (tertiary/aromatic N) is 3. The summed E-state index contributed by atoms with van der Waals surface area (Å²) in [5.41, 5.74) is 11.4. The molecule has 0 radical (unpaired) electrons. The summed E-state index contributed by atoms with van der Waals surface area (Å²) in [6, 6.07) is 6.15. The van der Waals surface area contributed by atoms with Crippen LogP contribution < -0.4 is 10.6 Å². The zero-order valence-electron chi connectivity index (χ0n) is 12.6. The van der Waals surface area contributed by atoms with E-state index in [0.717, 1.165) is 54.6 Å². The van der Waals surface area contributed by atoms with Gasteiger partial charge in [0.25, 0.3) is 0 Å². The van der Waals surface area contributed by atoms with Gasteiger partial charge < -0.3 is 10.6 Å². The number of aryl methyl sites for hydroxylation is 2. The van der Waals surface area contributed by atoms with Gasteiger partial charge in [-0.3, -0.25) is 4.68 Å². The van der Waals surface area contributed by atoms with E-state index in [0.29, 0.717) is 0 Å².